The molecule has 0 radical (unpaired) electrons. The fourth-order valence-electron chi connectivity index (χ4n) is 1.62. The standard InChI is InChI=1S/C12H20N2O3/c1-5-14-8-13-7-9(14)10(15)12(3,4)11(16)17-6-2/h7-8,10,15H,5-6H2,1-4H3. The minimum atomic E-state index is -0.983. The zero-order valence-electron chi connectivity index (χ0n) is 10.8. The van der Waals surface area contributed by atoms with Crippen LogP contribution in [0.4, 0.5) is 0 Å². The molecule has 0 saturated carbocycles. The van der Waals surface area contributed by atoms with Crippen LogP contribution < -0.4 is 0 Å². The van der Waals surface area contributed by atoms with E-state index in [-0.39, 0.29) is 0 Å². The molecule has 0 bridgehead atoms. The van der Waals surface area contributed by atoms with E-state index in [9.17, 15) is 9.90 Å². The Morgan fingerprint density at radius 3 is 2.76 bits per heavy atom. The second-order valence-electron chi connectivity index (χ2n) is 4.45. The summed E-state index contributed by atoms with van der Waals surface area (Å²) in [5.74, 6) is -0.406. The lowest BCUT2D eigenvalue weighted by Gasteiger charge is -2.28. The lowest BCUT2D eigenvalue weighted by atomic mass is 9.85. The van der Waals surface area contributed by atoms with Crippen molar-refractivity contribution in [2.24, 2.45) is 5.41 Å². The third-order valence-corrected chi connectivity index (χ3v) is 2.85. The van der Waals surface area contributed by atoms with Crippen LogP contribution in [0, 0.1) is 5.41 Å². The predicted octanol–water partition coefficient (Wildman–Crippen LogP) is 1.53. The van der Waals surface area contributed by atoms with Crippen molar-refractivity contribution in [3.05, 3.63) is 18.2 Å². The maximum absolute atomic E-state index is 11.8. The van der Waals surface area contributed by atoms with Crippen molar-refractivity contribution in [3.63, 3.8) is 0 Å². The number of aliphatic hydroxyl groups excluding tert-OH is 1. The van der Waals surface area contributed by atoms with Crippen molar-refractivity contribution in [2.75, 3.05) is 6.61 Å². The summed E-state index contributed by atoms with van der Waals surface area (Å²) in [5, 5.41) is 10.3. The quantitative estimate of drug-likeness (QED) is 0.793. The summed E-state index contributed by atoms with van der Waals surface area (Å²) in [7, 11) is 0. The van der Waals surface area contributed by atoms with Gasteiger partial charge in [0.2, 0.25) is 0 Å². The van der Waals surface area contributed by atoms with Gasteiger partial charge >= 0.3 is 5.97 Å². The van der Waals surface area contributed by atoms with Gasteiger partial charge in [0.15, 0.2) is 0 Å². The zero-order chi connectivity index (χ0) is 13.1. The van der Waals surface area contributed by atoms with Gasteiger partial charge in [-0.3, -0.25) is 4.79 Å². The van der Waals surface area contributed by atoms with E-state index < -0.39 is 17.5 Å². The van der Waals surface area contributed by atoms with Crippen molar-refractivity contribution in [1.82, 2.24) is 9.55 Å². The Morgan fingerprint density at radius 2 is 2.24 bits per heavy atom. The van der Waals surface area contributed by atoms with E-state index in [0.717, 1.165) is 0 Å². The Balaban J connectivity index is 2.95. The lowest BCUT2D eigenvalue weighted by molar-refractivity contribution is -0.160. The molecular weight excluding hydrogens is 220 g/mol. The van der Waals surface area contributed by atoms with Gasteiger partial charge in [-0.1, -0.05) is 0 Å². The minimum absolute atomic E-state index is 0.308. The highest BCUT2D eigenvalue weighted by molar-refractivity contribution is 5.76. The van der Waals surface area contributed by atoms with Gasteiger partial charge in [0, 0.05) is 6.54 Å². The molecule has 1 atom stereocenters. The number of ether oxygens (including phenoxy) is 1. The smallest absolute Gasteiger partial charge is 0.314 e. The maximum Gasteiger partial charge on any atom is 0.314 e. The maximum atomic E-state index is 11.8. The number of aryl methyl sites for hydroxylation is 1. The summed E-state index contributed by atoms with van der Waals surface area (Å²) in [5.41, 5.74) is -0.353. The monoisotopic (exact) mass is 240 g/mol. The second-order valence-corrected chi connectivity index (χ2v) is 4.45. The van der Waals surface area contributed by atoms with Crippen LogP contribution in [0.1, 0.15) is 39.5 Å². The van der Waals surface area contributed by atoms with Gasteiger partial charge in [-0.05, 0) is 27.7 Å². The molecule has 0 aliphatic carbocycles. The summed E-state index contributed by atoms with van der Waals surface area (Å²) in [6, 6.07) is 0. The molecule has 1 aromatic rings. The van der Waals surface area contributed by atoms with Crippen LogP contribution in [0.2, 0.25) is 0 Å². The Hall–Kier alpha value is -1.36. The SMILES string of the molecule is CCOC(=O)C(C)(C)C(O)c1cncn1CC. The average Bonchev–Trinajstić information content (AvgIpc) is 2.76. The largest absolute Gasteiger partial charge is 0.465 e. The number of rotatable bonds is 5. The van der Waals surface area contributed by atoms with Gasteiger partial charge in [-0.2, -0.15) is 0 Å². The number of aromatic nitrogens is 2. The van der Waals surface area contributed by atoms with Crippen molar-refractivity contribution < 1.29 is 14.6 Å². The molecule has 0 aliphatic rings. The molecule has 0 saturated heterocycles. The van der Waals surface area contributed by atoms with Gasteiger partial charge in [0.05, 0.1) is 30.2 Å². The molecule has 0 spiro atoms. The minimum Gasteiger partial charge on any atom is -0.465 e. The van der Waals surface area contributed by atoms with Crippen molar-refractivity contribution in [1.29, 1.82) is 0 Å². The van der Waals surface area contributed by atoms with Crippen LogP contribution in [0.3, 0.4) is 0 Å². The summed E-state index contributed by atoms with van der Waals surface area (Å²) in [6.45, 7) is 8.05. The van der Waals surface area contributed by atoms with Crippen LogP contribution in [-0.4, -0.2) is 27.2 Å². The Morgan fingerprint density at radius 1 is 1.59 bits per heavy atom. The number of nitrogens with zero attached hydrogens (tertiary/aromatic N) is 2. The Bertz CT molecular complexity index is 385. The van der Waals surface area contributed by atoms with Gasteiger partial charge < -0.3 is 14.4 Å². The molecule has 96 valence electrons. The molecule has 1 heterocycles. The third-order valence-electron chi connectivity index (χ3n) is 2.85. The second kappa shape index (κ2) is 5.31. The van der Waals surface area contributed by atoms with E-state index in [4.69, 9.17) is 4.74 Å². The molecule has 5 heteroatoms. The topological polar surface area (TPSA) is 64.3 Å². The Kier molecular flexibility index (Phi) is 4.28. The number of esters is 1. The Labute approximate surface area is 101 Å². The molecule has 0 fully saturated rings. The van der Waals surface area contributed by atoms with Gasteiger partial charge in [-0.15, -0.1) is 0 Å². The number of carbonyl (C=O) groups is 1. The van der Waals surface area contributed by atoms with E-state index >= 15 is 0 Å². The summed E-state index contributed by atoms with van der Waals surface area (Å²) >= 11 is 0. The first-order valence-electron chi connectivity index (χ1n) is 5.80. The first kappa shape index (κ1) is 13.7. The first-order valence-corrected chi connectivity index (χ1v) is 5.80. The molecule has 17 heavy (non-hydrogen) atoms. The molecule has 0 aliphatic heterocycles. The number of imidazole rings is 1. The normalized spacial score (nSPS) is 13.5. The molecule has 0 aromatic carbocycles. The highest BCUT2D eigenvalue weighted by atomic mass is 16.5. The molecule has 5 nitrogen and oxygen atoms in total. The summed E-state index contributed by atoms with van der Waals surface area (Å²) in [4.78, 5) is 15.8. The number of aliphatic hydroxyl groups is 1. The van der Waals surface area contributed by atoms with E-state index in [1.54, 1.807) is 33.3 Å². The van der Waals surface area contributed by atoms with E-state index in [1.165, 1.54) is 0 Å². The van der Waals surface area contributed by atoms with E-state index in [0.29, 0.717) is 18.8 Å². The molecule has 1 unspecified atom stereocenters. The van der Waals surface area contributed by atoms with Crippen LogP contribution in [-0.2, 0) is 16.1 Å². The summed E-state index contributed by atoms with van der Waals surface area (Å²) < 4.78 is 6.78. The summed E-state index contributed by atoms with van der Waals surface area (Å²) in [6.07, 6.45) is 2.29. The third kappa shape index (κ3) is 2.66. The van der Waals surface area contributed by atoms with Crippen molar-refractivity contribution in [3.8, 4) is 0 Å². The fourth-order valence-corrected chi connectivity index (χ4v) is 1.62. The average molecular weight is 240 g/mol. The van der Waals surface area contributed by atoms with Gasteiger partial charge in [-0.25, -0.2) is 4.98 Å². The number of hydrogen-bond acceptors (Lipinski definition) is 4. The molecule has 1 N–H and O–H groups in total. The van der Waals surface area contributed by atoms with Crippen LogP contribution in [0.25, 0.3) is 0 Å². The first-order chi connectivity index (χ1) is 7.95. The van der Waals surface area contributed by atoms with Crippen molar-refractivity contribution >= 4 is 5.97 Å². The lowest BCUT2D eigenvalue weighted by Crippen LogP contribution is -2.34. The van der Waals surface area contributed by atoms with Gasteiger partial charge in [0.1, 0.15) is 6.10 Å². The molecule has 0 amide bonds. The van der Waals surface area contributed by atoms with E-state index in [2.05, 4.69) is 4.98 Å². The van der Waals surface area contributed by atoms with Crippen LogP contribution >= 0.6 is 0 Å². The highest BCUT2D eigenvalue weighted by Gasteiger charge is 2.39. The highest BCUT2D eigenvalue weighted by Crippen LogP contribution is 2.34. The number of carbonyl (C=O) groups excluding carboxylic acids is 1. The predicted molar refractivity (Wildman–Crippen MR) is 63.3 cm³/mol. The zero-order valence-corrected chi connectivity index (χ0v) is 10.8. The number of hydrogen-bond donors (Lipinski definition) is 1. The molecule has 1 aromatic heterocycles. The van der Waals surface area contributed by atoms with Crippen LogP contribution in [0.5, 0.6) is 0 Å². The van der Waals surface area contributed by atoms with Crippen LogP contribution in [0.15, 0.2) is 12.5 Å². The van der Waals surface area contributed by atoms with Crippen molar-refractivity contribution in [2.45, 2.75) is 40.3 Å². The van der Waals surface area contributed by atoms with E-state index in [1.807, 2.05) is 11.5 Å². The van der Waals surface area contributed by atoms with Gasteiger partial charge in [0.25, 0.3) is 0 Å². The molecule has 1 rings (SSSR count). The molecular formula is C12H20N2O3. The fraction of sp³-hybridized carbons (Fsp3) is 0.667.